The molecule has 0 fully saturated rings. The summed E-state index contributed by atoms with van der Waals surface area (Å²) in [6.45, 7) is 3.39. The number of rotatable bonds is 15. The number of hydrogen-bond acceptors (Lipinski definition) is 6. The third-order valence-electron chi connectivity index (χ3n) is 7.45. The van der Waals surface area contributed by atoms with Gasteiger partial charge in [-0.3, -0.25) is 24.0 Å². The fourth-order valence-electron chi connectivity index (χ4n) is 4.86. The van der Waals surface area contributed by atoms with E-state index in [1.165, 1.54) is 23.0 Å². The Balaban J connectivity index is 1.41. The van der Waals surface area contributed by atoms with Crippen molar-refractivity contribution in [2.75, 3.05) is 43.9 Å². The van der Waals surface area contributed by atoms with Gasteiger partial charge in [-0.05, 0) is 60.9 Å². The Kier molecular flexibility index (Phi) is 11.7. The zero-order valence-corrected chi connectivity index (χ0v) is 26.6. The first-order valence-electron chi connectivity index (χ1n) is 15.2. The number of carboxylic acids is 1. The number of ether oxygens (including phenoxy) is 1. The SMILES string of the molecule is COc1cccc(C(=O)N(CCC(=O)O)CC(=O)N(CCC(C)C)CC(=O)Nc2ccc(NC(=O)c3c[nH]c4ccccc34)cc2)c1. The van der Waals surface area contributed by atoms with Gasteiger partial charge >= 0.3 is 5.97 Å². The first kappa shape index (κ1) is 34.2. The van der Waals surface area contributed by atoms with E-state index in [-0.39, 0.29) is 43.4 Å². The summed E-state index contributed by atoms with van der Waals surface area (Å²) < 4.78 is 5.20. The Morgan fingerprint density at radius 3 is 2.23 bits per heavy atom. The van der Waals surface area contributed by atoms with Crippen LogP contribution in [-0.4, -0.2) is 82.8 Å². The molecule has 4 rings (SSSR count). The van der Waals surface area contributed by atoms with E-state index in [4.69, 9.17) is 4.74 Å². The number of anilines is 2. The molecule has 4 amide bonds. The fourth-order valence-corrected chi connectivity index (χ4v) is 4.86. The molecule has 1 aromatic heterocycles. The molecule has 0 atom stereocenters. The summed E-state index contributed by atoms with van der Waals surface area (Å²) in [5, 5.41) is 15.7. The lowest BCUT2D eigenvalue weighted by Gasteiger charge is -2.28. The number of carbonyl (C=O) groups is 5. The highest BCUT2D eigenvalue weighted by molar-refractivity contribution is 6.12. The van der Waals surface area contributed by atoms with Crippen molar-refractivity contribution in [3.63, 3.8) is 0 Å². The van der Waals surface area contributed by atoms with Crippen molar-refractivity contribution < 1.29 is 33.8 Å². The van der Waals surface area contributed by atoms with Crippen molar-refractivity contribution in [2.45, 2.75) is 26.7 Å². The number of hydrogen-bond donors (Lipinski definition) is 4. The summed E-state index contributed by atoms with van der Waals surface area (Å²) in [4.78, 5) is 69.7. The van der Waals surface area contributed by atoms with Gasteiger partial charge in [-0.25, -0.2) is 0 Å². The molecule has 0 aliphatic carbocycles. The van der Waals surface area contributed by atoms with Crippen LogP contribution in [0.4, 0.5) is 11.4 Å². The molecule has 0 spiro atoms. The third kappa shape index (κ3) is 9.67. The van der Waals surface area contributed by atoms with Crippen LogP contribution in [0.25, 0.3) is 10.9 Å². The normalized spacial score (nSPS) is 10.8. The van der Waals surface area contributed by atoms with Crippen molar-refractivity contribution in [3.8, 4) is 5.75 Å². The lowest BCUT2D eigenvalue weighted by Crippen LogP contribution is -2.46. The molecule has 3 aromatic carbocycles. The second-order valence-electron chi connectivity index (χ2n) is 11.4. The number of para-hydroxylation sites is 1. The summed E-state index contributed by atoms with van der Waals surface area (Å²) in [6, 6.07) is 20.5. The average molecular weight is 642 g/mol. The molecular formula is C35H39N5O7. The quantitative estimate of drug-likeness (QED) is 0.144. The van der Waals surface area contributed by atoms with Gasteiger partial charge in [-0.1, -0.05) is 38.1 Å². The summed E-state index contributed by atoms with van der Waals surface area (Å²) >= 11 is 0. The number of nitrogens with one attached hydrogen (secondary N) is 3. The van der Waals surface area contributed by atoms with E-state index in [1.54, 1.807) is 48.7 Å². The van der Waals surface area contributed by atoms with Crippen molar-refractivity contribution in [3.05, 3.63) is 90.1 Å². The number of carbonyl (C=O) groups excluding carboxylic acids is 4. The standard InChI is InChI=1S/C35H39N5O7/c1-23(2)15-17-39(32(42)22-40(18-16-33(43)44)35(46)24-7-6-8-27(19-24)47-3)21-31(41)37-25-11-13-26(14-12-25)38-34(45)29-20-36-30-10-5-4-9-28(29)30/h4-14,19-20,23,36H,15-18,21-22H2,1-3H3,(H,37,41)(H,38,45)(H,43,44). The predicted molar refractivity (Wildman–Crippen MR) is 179 cm³/mol. The lowest BCUT2D eigenvalue weighted by atomic mass is 10.1. The van der Waals surface area contributed by atoms with Gasteiger partial charge in [0, 0.05) is 47.1 Å². The number of aliphatic carboxylic acids is 1. The van der Waals surface area contributed by atoms with Crippen molar-refractivity contribution in [1.82, 2.24) is 14.8 Å². The molecule has 246 valence electrons. The van der Waals surface area contributed by atoms with Crippen LogP contribution in [0.5, 0.6) is 5.75 Å². The Bertz CT molecular complexity index is 1730. The van der Waals surface area contributed by atoms with Gasteiger partial charge in [-0.15, -0.1) is 0 Å². The molecule has 47 heavy (non-hydrogen) atoms. The van der Waals surface area contributed by atoms with E-state index in [2.05, 4.69) is 15.6 Å². The molecule has 0 aliphatic rings. The molecule has 1 heterocycles. The maximum Gasteiger partial charge on any atom is 0.305 e. The van der Waals surface area contributed by atoms with Crippen LogP contribution in [0.1, 0.15) is 47.4 Å². The molecule has 0 bridgehead atoms. The van der Waals surface area contributed by atoms with Crippen LogP contribution in [0, 0.1) is 5.92 Å². The van der Waals surface area contributed by atoms with Gasteiger partial charge in [0.1, 0.15) is 12.3 Å². The number of methoxy groups -OCH3 is 1. The Morgan fingerprint density at radius 2 is 1.55 bits per heavy atom. The van der Waals surface area contributed by atoms with Crippen LogP contribution >= 0.6 is 0 Å². The Labute approximate surface area is 272 Å². The highest BCUT2D eigenvalue weighted by Crippen LogP contribution is 2.21. The highest BCUT2D eigenvalue weighted by Gasteiger charge is 2.25. The number of fused-ring (bicyclic) bond motifs is 1. The molecule has 12 heteroatoms. The number of amides is 4. The summed E-state index contributed by atoms with van der Waals surface area (Å²) in [6.07, 6.45) is 1.91. The van der Waals surface area contributed by atoms with Crippen LogP contribution in [-0.2, 0) is 14.4 Å². The highest BCUT2D eigenvalue weighted by atomic mass is 16.5. The number of nitrogens with zero attached hydrogens (tertiary/aromatic N) is 2. The minimum absolute atomic E-state index is 0.190. The average Bonchev–Trinajstić information content (AvgIpc) is 3.50. The molecule has 0 saturated heterocycles. The lowest BCUT2D eigenvalue weighted by molar-refractivity contribution is -0.138. The second kappa shape index (κ2) is 16.1. The van der Waals surface area contributed by atoms with E-state index in [1.807, 2.05) is 38.1 Å². The number of carboxylic acid groups (broad SMARTS) is 1. The summed E-state index contributed by atoms with van der Waals surface area (Å²) in [5.41, 5.74) is 2.61. The van der Waals surface area contributed by atoms with E-state index in [0.29, 0.717) is 29.1 Å². The van der Waals surface area contributed by atoms with E-state index in [0.717, 1.165) is 10.9 Å². The molecule has 0 unspecified atom stereocenters. The van der Waals surface area contributed by atoms with Gasteiger partial charge in [0.05, 0.1) is 25.6 Å². The predicted octanol–water partition coefficient (Wildman–Crippen LogP) is 4.86. The topological polar surface area (TPSA) is 161 Å². The molecule has 4 N–H and O–H groups in total. The van der Waals surface area contributed by atoms with Crippen molar-refractivity contribution in [1.29, 1.82) is 0 Å². The number of aromatic nitrogens is 1. The molecular weight excluding hydrogens is 602 g/mol. The van der Waals surface area contributed by atoms with Gasteiger partial charge in [0.15, 0.2) is 0 Å². The largest absolute Gasteiger partial charge is 0.497 e. The molecule has 12 nitrogen and oxygen atoms in total. The van der Waals surface area contributed by atoms with Crippen molar-refractivity contribution >= 4 is 51.9 Å². The zero-order chi connectivity index (χ0) is 33.9. The van der Waals surface area contributed by atoms with Crippen LogP contribution in [0.3, 0.4) is 0 Å². The van der Waals surface area contributed by atoms with Gasteiger partial charge in [0.25, 0.3) is 11.8 Å². The molecule has 0 saturated carbocycles. The fraction of sp³-hybridized carbons (Fsp3) is 0.286. The minimum atomic E-state index is -1.11. The van der Waals surface area contributed by atoms with E-state index in [9.17, 15) is 29.1 Å². The summed E-state index contributed by atoms with van der Waals surface area (Å²) in [7, 11) is 1.46. The van der Waals surface area contributed by atoms with Gasteiger partial charge in [-0.2, -0.15) is 0 Å². The van der Waals surface area contributed by atoms with Crippen molar-refractivity contribution in [2.24, 2.45) is 5.92 Å². The first-order chi connectivity index (χ1) is 22.5. The van der Waals surface area contributed by atoms with E-state index >= 15 is 0 Å². The first-order valence-corrected chi connectivity index (χ1v) is 15.2. The molecule has 4 aromatic rings. The zero-order valence-electron chi connectivity index (χ0n) is 26.6. The number of aromatic amines is 1. The maximum atomic E-state index is 13.5. The molecule has 0 radical (unpaired) electrons. The number of benzene rings is 3. The second-order valence-corrected chi connectivity index (χ2v) is 11.4. The van der Waals surface area contributed by atoms with Crippen LogP contribution < -0.4 is 15.4 Å². The Morgan fingerprint density at radius 1 is 0.851 bits per heavy atom. The van der Waals surface area contributed by atoms with Crippen LogP contribution in [0.15, 0.2) is 79.0 Å². The van der Waals surface area contributed by atoms with E-state index < -0.39 is 30.2 Å². The minimum Gasteiger partial charge on any atom is -0.497 e. The molecule has 0 aliphatic heterocycles. The third-order valence-corrected chi connectivity index (χ3v) is 7.45. The Hall–Kier alpha value is -5.65. The van der Waals surface area contributed by atoms with Gasteiger partial charge < -0.3 is 35.3 Å². The maximum absolute atomic E-state index is 13.5. The van der Waals surface area contributed by atoms with Gasteiger partial charge in [0.2, 0.25) is 11.8 Å². The number of H-pyrrole nitrogens is 1. The monoisotopic (exact) mass is 641 g/mol. The van der Waals surface area contributed by atoms with Crippen LogP contribution in [0.2, 0.25) is 0 Å². The summed E-state index contributed by atoms with van der Waals surface area (Å²) in [5.74, 6) is -2.17. The smallest absolute Gasteiger partial charge is 0.305 e.